The van der Waals surface area contributed by atoms with Gasteiger partial charge in [0.2, 0.25) is 0 Å². The average molecular weight is 355 g/mol. The summed E-state index contributed by atoms with van der Waals surface area (Å²) < 4.78 is 22.5. The molecule has 0 aliphatic rings. The van der Waals surface area contributed by atoms with Gasteiger partial charge in [-0.1, -0.05) is 6.07 Å². The number of aliphatic imine (C=N–C) groups is 1. The van der Waals surface area contributed by atoms with Gasteiger partial charge in [-0.25, -0.2) is 8.42 Å². The fourth-order valence-electron chi connectivity index (χ4n) is 2.23. The van der Waals surface area contributed by atoms with Crippen molar-refractivity contribution in [2.75, 3.05) is 38.1 Å². The van der Waals surface area contributed by atoms with E-state index in [9.17, 15) is 8.42 Å². The van der Waals surface area contributed by atoms with Crippen molar-refractivity contribution in [3.63, 3.8) is 0 Å². The number of nitrogens with zero attached hydrogens (tertiary/aromatic N) is 2. The van der Waals surface area contributed by atoms with Crippen molar-refractivity contribution in [2.24, 2.45) is 4.99 Å². The summed E-state index contributed by atoms with van der Waals surface area (Å²) in [6.07, 6.45) is 1.81. The second-order valence-corrected chi connectivity index (χ2v) is 8.65. The van der Waals surface area contributed by atoms with Crippen LogP contribution in [0.4, 0.5) is 5.69 Å². The van der Waals surface area contributed by atoms with Crippen LogP contribution in [0.5, 0.6) is 0 Å². The Balaban J connectivity index is 2.58. The zero-order chi connectivity index (χ0) is 18.3. The van der Waals surface area contributed by atoms with Gasteiger partial charge < -0.3 is 15.5 Å². The van der Waals surface area contributed by atoms with Gasteiger partial charge in [0.25, 0.3) is 0 Å². The van der Waals surface area contributed by atoms with Crippen LogP contribution in [0.25, 0.3) is 0 Å². The predicted octanol–water partition coefficient (Wildman–Crippen LogP) is 1.55. The van der Waals surface area contributed by atoms with E-state index in [0.717, 1.165) is 0 Å². The molecule has 6 nitrogen and oxygen atoms in total. The summed E-state index contributed by atoms with van der Waals surface area (Å²) in [5.41, 5.74) is 3.59. The van der Waals surface area contributed by atoms with Crippen LogP contribution >= 0.6 is 0 Å². The van der Waals surface area contributed by atoms with Crippen LogP contribution < -0.4 is 15.5 Å². The van der Waals surface area contributed by atoms with Gasteiger partial charge >= 0.3 is 0 Å². The number of aryl methyl sites for hydroxylation is 1. The minimum Gasteiger partial charge on any atom is -0.378 e. The maximum Gasteiger partial charge on any atom is 0.191 e. The summed E-state index contributed by atoms with van der Waals surface area (Å²) in [4.78, 5) is 6.28. The van der Waals surface area contributed by atoms with Crippen LogP contribution in [-0.2, 0) is 16.4 Å². The second-order valence-electron chi connectivity index (χ2n) is 6.39. The molecular formula is C17H30N4O2S. The van der Waals surface area contributed by atoms with E-state index in [4.69, 9.17) is 0 Å². The molecule has 2 N–H and O–H groups in total. The van der Waals surface area contributed by atoms with Gasteiger partial charge in [0.15, 0.2) is 5.96 Å². The molecule has 0 aliphatic carbocycles. The van der Waals surface area contributed by atoms with Gasteiger partial charge in [0.05, 0.1) is 5.75 Å². The Morgan fingerprint density at radius 1 is 1.33 bits per heavy atom. The molecule has 0 saturated carbocycles. The van der Waals surface area contributed by atoms with Gasteiger partial charge in [0, 0.05) is 45.7 Å². The molecule has 0 fully saturated rings. The Morgan fingerprint density at radius 3 is 2.50 bits per heavy atom. The third-order valence-electron chi connectivity index (χ3n) is 3.82. The fourth-order valence-corrected chi connectivity index (χ4v) is 3.01. The Labute approximate surface area is 146 Å². The van der Waals surface area contributed by atoms with Crippen LogP contribution in [0.15, 0.2) is 23.2 Å². The molecule has 0 heterocycles. The lowest BCUT2D eigenvalue weighted by Gasteiger charge is -2.19. The van der Waals surface area contributed by atoms with Gasteiger partial charge in [0.1, 0.15) is 9.84 Å². The first-order valence-electron chi connectivity index (χ1n) is 8.04. The van der Waals surface area contributed by atoms with Crippen molar-refractivity contribution in [2.45, 2.75) is 32.9 Å². The number of guanidine groups is 1. The number of hydrogen-bond acceptors (Lipinski definition) is 4. The van der Waals surface area contributed by atoms with Crippen LogP contribution in [0.3, 0.4) is 0 Å². The third kappa shape index (κ3) is 7.21. The first-order chi connectivity index (χ1) is 11.1. The highest BCUT2D eigenvalue weighted by Gasteiger charge is 2.10. The SMILES string of the molecule is CN=C(NCc1ccc(N(C)C)cc1C)NC(C)CCS(C)(=O)=O. The van der Waals surface area contributed by atoms with Crippen molar-refractivity contribution in [1.82, 2.24) is 10.6 Å². The van der Waals surface area contributed by atoms with Crippen molar-refractivity contribution in [1.29, 1.82) is 0 Å². The summed E-state index contributed by atoms with van der Waals surface area (Å²) in [5, 5.41) is 6.50. The molecule has 0 radical (unpaired) electrons. The van der Waals surface area contributed by atoms with E-state index >= 15 is 0 Å². The Hall–Kier alpha value is -1.76. The standard InChI is InChI=1S/C17H30N4O2S/c1-13-11-16(21(4)5)8-7-15(13)12-19-17(18-3)20-14(2)9-10-24(6,22)23/h7-8,11,14H,9-10,12H2,1-6H3,(H2,18,19,20). The third-order valence-corrected chi connectivity index (χ3v) is 4.79. The highest BCUT2D eigenvalue weighted by Crippen LogP contribution is 2.17. The van der Waals surface area contributed by atoms with Crippen LogP contribution in [0.2, 0.25) is 0 Å². The van der Waals surface area contributed by atoms with E-state index in [-0.39, 0.29) is 11.8 Å². The predicted molar refractivity (Wildman–Crippen MR) is 103 cm³/mol. The molecule has 7 heteroatoms. The molecule has 0 saturated heterocycles. The Morgan fingerprint density at radius 2 is 2.00 bits per heavy atom. The van der Waals surface area contributed by atoms with Crippen LogP contribution in [-0.4, -0.2) is 53.6 Å². The number of anilines is 1. The lowest BCUT2D eigenvalue weighted by molar-refractivity contribution is 0.581. The molecule has 0 aliphatic heterocycles. The largest absolute Gasteiger partial charge is 0.378 e. The summed E-state index contributed by atoms with van der Waals surface area (Å²) in [6.45, 7) is 4.71. The molecule has 0 amide bonds. The van der Waals surface area contributed by atoms with Crippen molar-refractivity contribution < 1.29 is 8.42 Å². The van der Waals surface area contributed by atoms with Crippen LogP contribution in [0.1, 0.15) is 24.5 Å². The smallest absolute Gasteiger partial charge is 0.191 e. The molecule has 136 valence electrons. The zero-order valence-corrected chi connectivity index (χ0v) is 16.4. The van der Waals surface area contributed by atoms with E-state index in [1.54, 1.807) is 7.05 Å². The van der Waals surface area contributed by atoms with E-state index in [1.165, 1.54) is 23.1 Å². The Kier molecular flexibility index (Phi) is 7.54. The summed E-state index contributed by atoms with van der Waals surface area (Å²) in [6, 6.07) is 6.39. The Bertz CT molecular complexity index is 669. The minimum absolute atomic E-state index is 0.0307. The average Bonchev–Trinajstić information content (AvgIpc) is 2.49. The van der Waals surface area contributed by atoms with E-state index in [1.807, 2.05) is 21.0 Å². The van der Waals surface area contributed by atoms with Gasteiger partial charge in [-0.15, -0.1) is 0 Å². The first-order valence-corrected chi connectivity index (χ1v) is 10.1. The summed E-state index contributed by atoms with van der Waals surface area (Å²) >= 11 is 0. The second kappa shape index (κ2) is 8.92. The van der Waals surface area contributed by atoms with Crippen molar-refractivity contribution in [3.8, 4) is 0 Å². The van der Waals surface area contributed by atoms with E-state index < -0.39 is 9.84 Å². The molecule has 0 aromatic heterocycles. The summed E-state index contributed by atoms with van der Waals surface area (Å²) in [7, 11) is 2.82. The summed E-state index contributed by atoms with van der Waals surface area (Å²) in [5.74, 6) is 0.843. The van der Waals surface area contributed by atoms with Gasteiger partial charge in [-0.05, 0) is 43.5 Å². The minimum atomic E-state index is -2.94. The fraction of sp³-hybridized carbons (Fsp3) is 0.588. The van der Waals surface area contributed by atoms with Crippen molar-refractivity contribution >= 4 is 21.5 Å². The molecular weight excluding hydrogens is 324 g/mol. The highest BCUT2D eigenvalue weighted by molar-refractivity contribution is 7.90. The highest BCUT2D eigenvalue weighted by atomic mass is 32.2. The maximum absolute atomic E-state index is 11.2. The number of nitrogens with one attached hydrogen (secondary N) is 2. The molecule has 1 aromatic rings. The zero-order valence-electron chi connectivity index (χ0n) is 15.5. The number of rotatable bonds is 7. The number of hydrogen-bond donors (Lipinski definition) is 2. The van der Waals surface area contributed by atoms with Crippen LogP contribution in [0, 0.1) is 6.92 Å². The maximum atomic E-state index is 11.2. The molecule has 0 bridgehead atoms. The quantitative estimate of drug-likeness (QED) is 0.574. The molecule has 24 heavy (non-hydrogen) atoms. The number of sulfone groups is 1. The van der Waals surface area contributed by atoms with E-state index in [0.29, 0.717) is 18.9 Å². The molecule has 1 unspecified atom stereocenters. The molecule has 0 spiro atoms. The molecule has 1 rings (SSSR count). The number of benzene rings is 1. The van der Waals surface area contributed by atoms with Gasteiger partial charge in [-0.2, -0.15) is 0 Å². The molecule has 1 aromatic carbocycles. The normalized spacial score (nSPS) is 13.5. The van der Waals surface area contributed by atoms with Gasteiger partial charge in [-0.3, -0.25) is 4.99 Å². The van der Waals surface area contributed by atoms with Crippen molar-refractivity contribution in [3.05, 3.63) is 29.3 Å². The monoisotopic (exact) mass is 354 g/mol. The van der Waals surface area contributed by atoms with E-state index in [2.05, 4.69) is 45.6 Å². The lowest BCUT2D eigenvalue weighted by atomic mass is 10.1. The lowest BCUT2D eigenvalue weighted by Crippen LogP contribution is -2.42. The molecule has 1 atom stereocenters. The topological polar surface area (TPSA) is 73.8 Å². The first kappa shape index (κ1) is 20.3.